The highest BCUT2D eigenvalue weighted by atomic mass is 16.5. The van der Waals surface area contributed by atoms with Crippen LogP contribution in [-0.2, 0) is 14.3 Å². The number of ketones is 1. The monoisotopic (exact) mass is 370 g/mol. The molecule has 2 atom stereocenters. The second-order valence-corrected chi connectivity index (χ2v) is 6.24. The van der Waals surface area contributed by atoms with Gasteiger partial charge in [-0.15, -0.1) is 0 Å². The summed E-state index contributed by atoms with van der Waals surface area (Å²) in [5.41, 5.74) is 1.52. The van der Waals surface area contributed by atoms with Crippen LogP contribution in [0.5, 0.6) is 11.5 Å². The van der Waals surface area contributed by atoms with E-state index < -0.39 is 17.8 Å². The van der Waals surface area contributed by atoms with Crippen molar-refractivity contribution in [1.29, 1.82) is 0 Å². The third-order valence-corrected chi connectivity index (χ3v) is 4.65. The summed E-state index contributed by atoms with van der Waals surface area (Å²) in [6.07, 6.45) is 3.50. The molecule has 1 heterocycles. The van der Waals surface area contributed by atoms with Crippen LogP contribution in [-0.4, -0.2) is 32.6 Å². The van der Waals surface area contributed by atoms with Crippen molar-refractivity contribution in [1.82, 2.24) is 0 Å². The fourth-order valence-corrected chi connectivity index (χ4v) is 3.37. The Kier molecular flexibility index (Phi) is 5.64. The van der Waals surface area contributed by atoms with Crippen molar-refractivity contribution in [2.75, 3.05) is 20.8 Å². The molecule has 1 aliphatic carbocycles. The molecule has 0 bridgehead atoms. The molecule has 0 aliphatic heterocycles. The van der Waals surface area contributed by atoms with Crippen molar-refractivity contribution in [3.8, 4) is 11.5 Å². The average molecular weight is 370 g/mol. The molecule has 0 spiro atoms. The average Bonchev–Trinajstić information content (AvgIpc) is 3.21. The van der Waals surface area contributed by atoms with E-state index in [1.54, 1.807) is 45.6 Å². The normalized spacial score (nSPS) is 19.4. The van der Waals surface area contributed by atoms with E-state index in [4.69, 9.17) is 18.6 Å². The van der Waals surface area contributed by atoms with Crippen LogP contribution in [0.2, 0.25) is 0 Å². The van der Waals surface area contributed by atoms with E-state index in [-0.39, 0.29) is 12.4 Å². The summed E-state index contributed by atoms with van der Waals surface area (Å²) < 4.78 is 21.3. The second-order valence-electron chi connectivity index (χ2n) is 6.24. The van der Waals surface area contributed by atoms with Gasteiger partial charge in [0.05, 0.1) is 27.1 Å². The molecule has 1 aromatic carbocycles. The Labute approximate surface area is 157 Å². The molecule has 0 saturated heterocycles. The predicted octanol–water partition coefficient (Wildman–Crippen LogP) is 3.62. The lowest BCUT2D eigenvalue weighted by Gasteiger charge is -2.29. The molecule has 1 aromatic heterocycles. The minimum absolute atomic E-state index is 0.214. The number of benzene rings is 1. The van der Waals surface area contributed by atoms with Crippen LogP contribution < -0.4 is 9.47 Å². The first-order chi connectivity index (χ1) is 13.1. The molecule has 0 fully saturated rings. The largest absolute Gasteiger partial charge is 0.497 e. The van der Waals surface area contributed by atoms with E-state index >= 15 is 0 Å². The van der Waals surface area contributed by atoms with E-state index in [2.05, 4.69) is 0 Å². The van der Waals surface area contributed by atoms with Crippen molar-refractivity contribution in [3.63, 3.8) is 0 Å². The first-order valence-corrected chi connectivity index (χ1v) is 8.75. The Morgan fingerprint density at radius 1 is 1.19 bits per heavy atom. The number of furan rings is 1. The molecule has 0 unspecified atom stereocenters. The standard InChI is InChI=1S/C21H22O6/c1-4-26-21(23)20-17(13-8-15(24-2)12-16(9-13)25-3)10-14(11-18(20)22)19-6-5-7-27-19/h5-9,11-12,17,20H,4,10H2,1-3H3/t17-,20+/m1/s1. The zero-order valence-electron chi connectivity index (χ0n) is 15.6. The van der Waals surface area contributed by atoms with Gasteiger partial charge in [-0.2, -0.15) is 0 Å². The first kappa shape index (κ1) is 18.8. The quantitative estimate of drug-likeness (QED) is 0.571. The number of methoxy groups -OCH3 is 2. The van der Waals surface area contributed by atoms with Crippen LogP contribution >= 0.6 is 0 Å². The highest BCUT2D eigenvalue weighted by Crippen LogP contribution is 2.42. The topological polar surface area (TPSA) is 75.0 Å². The summed E-state index contributed by atoms with van der Waals surface area (Å²) in [5, 5.41) is 0. The zero-order chi connectivity index (χ0) is 19.4. The SMILES string of the molecule is CCOC(=O)[C@@H]1C(=O)C=C(c2ccco2)C[C@@H]1c1cc(OC)cc(OC)c1. The van der Waals surface area contributed by atoms with Gasteiger partial charge in [-0.05, 0) is 54.8 Å². The van der Waals surface area contributed by atoms with E-state index in [9.17, 15) is 9.59 Å². The Bertz CT molecular complexity index is 827. The summed E-state index contributed by atoms with van der Waals surface area (Å²) in [7, 11) is 3.11. The van der Waals surface area contributed by atoms with Gasteiger partial charge in [-0.25, -0.2) is 0 Å². The number of rotatable bonds is 6. The van der Waals surface area contributed by atoms with Crippen LogP contribution in [0.3, 0.4) is 0 Å². The van der Waals surface area contributed by atoms with Gasteiger partial charge < -0.3 is 18.6 Å². The minimum Gasteiger partial charge on any atom is -0.497 e. The maximum Gasteiger partial charge on any atom is 0.317 e. The number of ether oxygens (including phenoxy) is 3. The van der Waals surface area contributed by atoms with Gasteiger partial charge >= 0.3 is 5.97 Å². The maximum atomic E-state index is 12.8. The van der Waals surface area contributed by atoms with E-state index in [1.165, 1.54) is 6.08 Å². The molecule has 142 valence electrons. The fourth-order valence-electron chi connectivity index (χ4n) is 3.37. The Morgan fingerprint density at radius 2 is 1.89 bits per heavy atom. The van der Waals surface area contributed by atoms with Crippen LogP contribution in [0.1, 0.15) is 30.6 Å². The summed E-state index contributed by atoms with van der Waals surface area (Å²) in [6, 6.07) is 8.95. The Hall–Kier alpha value is -3.02. The molecule has 6 heteroatoms. The van der Waals surface area contributed by atoms with E-state index in [0.717, 1.165) is 11.1 Å². The summed E-state index contributed by atoms with van der Waals surface area (Å²) >= 11 is 0. The molecule has 0 N–H and O–H groups in total. The van der Waals surface area contributed by atoms with Gasteiger partial charge in [-0.3, -0.25) is 9.59 Å². The third-order valence-electron chi connectivity index (χ3n) is 4.65. The summed E-state index contributed by atoms with van der Waals surface area (Å²) in [5.74, 6) is -0.347. The molecule has 2 aromatic rings. The van der Waals surface area contributed by atoms with Gasteiger partial charge in [0, 0.05) is 12.0 Å². The van der Waals surface area contributed by atoms with Crippen LogP contribution in [0.25, 0.3) is 5.57 Å². The van der Waals surface area contributed by atoms with Crippen molar-refractivity contribution in [3.05, 3.63) is 54.0 Å². The third kappa shape index (κ3) is 3.89. The molecular weight excluding hydrogens is 348 g/mol. The molecular formula is C21H22O6. The van der Waals surface area contributed by atoms with Crippen molar-refractivity contribution in [2.45, 2.75) is 19.3 Å². The lowest BCUT2D eigenvalue weighted by Crippen LogP contribution is -2.34. The molecule has 0 radical (unpaired) electrons. The van der Waals surface area contributed by atoms with E-state index in [1.807, 2.05) is 12.1 Å². The predicted molar refractivity (Wildman–Crippen MR) is 98.7 cm³/mol. The smallest absolute Gasteiger partial charge is 0.317 e. The van der Waals surface area contributed by atoms with Crippen LogP contribution in [0, 0.1) is 5.92 Å². The molecule has 6 nitrogen and oxygen atoms in total. The summed E-state index contributed by atoms with van der Waals surface area (Å²) in [4.78, 5) is 25.4. The lowest BCUT2D eigenvalue weighted by molar-refractivity contribution is -0.151. The maximum absolute atomic E-state index is 12.8. The van der Waals surface area contributed by atoms with Gasteiger partial charge in [-0.1, -0.05) is 0 Å². The Morgan fingerprint density at radius 3 is 2.44 bits per heavy atom. The number of esters is 1. The molecule has 0 saturated carbocycles. The second kappa shape index (κ2) is 8.12. The minimum atomic E-state index is -0.916. The number of hydrogen-bond donors (Lipinski definition) is 0. The highest BCUT2D eigenvalue weighted by molar-refractivity contribution is 6.10. The molecule has 27 heavy (non-hydrogen) atoms. The van der Waals surface area contributed by atoms with Crippen molar-refractivity contribution >= 4 is 17.3 Å². The van der Waals surface area contributed by atoms with Gasteiger partial charge in [0.1, 0.15) is 23.2 Å². The highest BCUT2D eigenvalue weighted by Gasteiger charge is 2.40. The van der Waals surface area contributed by atoms with E-state index in [0.29, 0.717) is 23.7 Å². The van der Waals surface area contributed by atoms with Crippen LogP contribution in [0.15, 0.2) is 47.1 Å². The first-order valence-electron chi connectivity index (χ1n) is 8.75. The number of carbonyl (C=O) groups is 2. The Balaban J connectivity index is 2.07. The van der Waals surface area contributed by atoms with Crippen molar-refractivity contribution < 1.29 is 28.2 Å². The van der Waals surface area contributed by atoms with Gasteiger partial charge in [0.25, 0.3) is 0 Å². The number of allylic oxidation sites excluding steroid dienone is 2. The molecule has 0 amide bonds. The number of carbonyl (C=O) groups excluding carboxylic acids is 2. The molecule has 1 aliphatic rings. The van der Waals surface area contributed by atoms with Crippen LogP contribution in [0.4, 0.5) is 0 Å². The summed E-state index contributed by atoms with van der Waals surface area (Å²) in [6.45, 7) is 1.93. The zero-order valence-corrected chi connectivity index (χ0v) is 15.6. The lowest BCUT2D eigenvalue weighted by atomic mass is 9.74. The molecule has 3 rings (SSSR count). The van der Waals surface area contributed by atoms with Gasteiger partial charge in [0.15, 0.2) is 5.78 Å². The van der Waals surface area contributed by atoms with Gasteiger partial charge in [0.2, 0.25) is 0 Å². The number of hydrogen-bond acceptors (Lipinski definition) is 6. The van der Waals surface area contributed by atoms with Crippen molar-refractivity contribution in [2.24, 2.45) is 5.92 Å². The fraction of sp³-hybridized carbons (Fsp3) is 0.333.